The molecule has 2 nitrogen and oxygen atoms in total. The smallest absolute Gasteiger partial charge is 0.0943 e. The van der Waals surface area contributed by atoms with Crippen molar-refractivity contribution in [3.05, 3.63) is 11.8 Å². The lowest BCUT2D eigenvalue weighted by molar-refractivity contribution is 0.148. The average molecular weight is 184 g/mol. The third-order valence-corrected chi connectivity index (χ3v) is 3.03. The molecule has 1 fully saturated rings. The SMILES string of the molecule is C/C=C(\OC)C1CCC(CO)CC1. The molecule has 0 aromatic heterocycles. The highest BCUT2D eigenvalue weighted by molar-refractivity contribution is 4.98. The summed E-state index contributed by atoms with van der Waals surface area (Å²) in [5.41, 5.74) is 0. The van der Waals surface area contributed by atoms with Gasteiger partial charge >= 0.3 is 0 Å². The molecule has 76 valence electrons. The van der Waals surface area contributed by atoms with Crippen molar-refractivity contribution in [3.63, 3.8) is 0 Å². The zero-order valence-electron chi connectivity index (χ0n) is 8.62. The van der Waals surface area contributed by atoms with Gasteiger partial charge in [-0.15, -0.1) is 0 Å². The van der Waals surface area contributed by atoms with Crippen molar-refractivity contribution in [3.8, 4) is 0 Å². The van der Waals surface area contributed by atoms with Gasteiger partial charge in [-0.25, -0.2) is 0 Å². The summed E-state index contributed by atoms with van der Waals surface area (Å²) in [6.07, 6.45) is 6.67. The maximum absolute atomic E-state index is 8.98. The average Bonchev–Trinajstić information content (AvgIpc) is 2.21. The zero-order chi connectivity index (χ0) is 9.68. The second kappa shape index (κ2) is 5.28. The minimum atomic E-state index is 0.352. The summed E-state index contributed by atoms with van der Waals surface area (Å²) in [7, 11) is 1.74. The molecule has 0 aliphatic heterocycles. The number of methoxy groups -OCH3 is 1. The maximum Gasteiger partial charge on any atom is 0.0943 e. The van der Waals surface area contributed by atoms with Crippen LogP contribution >= 0.6 is 0 Å². The molecular weight excluding hydrogens is 164 g/mol. The van der Waals surface area contributed by atoms with Crippen LogP contribution in [0.1, 0.15) is 32.6 Å². The van der Waals surface area contributed by atoms with Gasteiger partial charge in [0.2, 0.25) is 0 Å². The van der Waals surface area contributed by atoms with Gasteiger partial charge in [0.25, 0.3) is 0 Å². The molecular formula is C11H20O2. The van der Waals surface area contributed by atoms with Crippen LogP contribution in [0.3, 0.4) is 0 Å². The Morgan fingerprint density at radius 3 is 2.38 bits per heavy atom. The molecule has 0 aromatic rings. The monoisotopic (exact) mass is 184 g/mol. The van der Waals surface area contributed by atoms with Crippen molar-refractivity contribution >= 4 is 0 Å². The van der Waals surface area contributed by atoms with Gasteiger partial charge in [-0.3, -0.25) is 0 Å². The van der Waals surface area contributed by atoms with Crippen LogP contribution in [-0.4, -0.2) is 18.8 Å². The Balaban J connectivity index is 2.40. The van der Waals surface area contributed by atoms with Crippen LogP contribution < -0.4 is 0 Å². The lowest BCUT2D eigenvalue weighted by Gasteiger charge is -2.28. The van der Waals surface area contributed by atoms with E-state index in [1.807, 2.05) is 6.92 Å². The first-order valence-corrected chi connectivity index (χ1v) is 5.12. The number of rotatable bonds is 3. The molecule has 0 spiro atoms. The second-order valence-electron chi connectivity index (χ2n) is 3.80. The first-order chi connectivity index (χ1) is 6.31. The number of hydrogen-bond donors (Lipinski definition) is 1. The van der Waals surface area contributed by atoms with Gasteiger partial charge in [0.1, 0.15) is 0 Å². The van der Waals surface area contributed by atoms with Gasteiger partial charge in [0, 0.05) is 12.5 Å². The van der Waals surface area contributed by atoms with E-state index in [9.17, 15) is 0 Å². The van der Waals surface area contributed by atoms with Gasteiger partial charge in [-0.05, 0) is 44.6 Å². The highest BCUT2D eigenvalue weighted by Crippen LogP contribution is 2.33. The highest BCUT2D eigenvalue weighted by Gasteiger charge is 2.23. The molecule has 1 aliphatic rings. The quantitative estimate of drug-likeness (QED) is 0.682. The third-order valence-electron chi connectivity index (χ3n) is 3.03. The Morgan fingerprint density at radius 2 is 2.00 bits per heavy atom. The number of allylic oxidation sites excluding steroid dienone is 2. The highest BCUT2D eigenvalue weighted by atomic mass is 16.5. The molecule has 1 saturated carbocycles. The summed E-state index contributed by atoms with van der Waals surface area (Å²) in [6.45, 7) is 2.38. The van der Waals surface area contributed by atoms with Crippen molar-refractivity contribution in [2.45, 2.75) is 32.6 Å². The van der Waals surface area contributed by atoms with Crippen LogP contribution in [0.15, 0.2) is 11.8 Å². The molecule has 0 radical (unpaired) electrons. The summed E-state index contributed by atoms with van der Waals surface area (Å²) >= 11 is 0. The first-order valence-electron chi connectivity index (χ1n) is 5.12. The number of aliphatic hydroxyl groups excluding tert-OH is 1. The predicted molar refractivity (Wildman–Crippen MR) is 53.3 cm³/mol. The summed E-state index contributed by atoms with van der Waals surface area (Å²) in [4.78, 5) is 0. The molecule has 0 heterocycles. The normalized spacial score (nSPS) is 30.2. The lowest BCUT2D eigenvalue weighted by atomic mass is 9.81. The van der Waals surface area contributed by atoms with E-state index < -0.39 is 0 Å². The Labute approximate surface area is 80.6 Å². The van der Waals surface area contributed by atoms with Gasteiger partial charge in [-0.2, -0.15) is 0 Å². The molecule has 1 aliphatic carbocycles. The summed E-state index contributed by atoms with van der Waals surface area (Å²) < 4.78 is 5.31. The van der Waals surface area contributed by atoms with Gasteiger partial charge in [0.05, 0.1) is 12.9 Å². The first kappa shape index (κ1) is 10.6. The maximum atomic E-state index is 8.98. The fourth-order valence-electron chi connectivity index (χ4n) is 2.15. The Kier molecular flexibility index (Phi) is 4.29. The molecule has 0 atom stereocenters. The van der Waals surface area contributed by atoms with Gasteiger partial charge < -0.3 is 9.84 Å². The molecule has 0 amide bonds. The van der Waals surface area contributed by atoms with Crippen molar-refractivity contribution in [1.82, 2.24) is 0 Å². The lowest BCUT2D eigenvalue weighted by Crippen LogP contribution is -2.19. The van der Waals surface area contributed by atoms with E-state index >= 15 is 0 Å². The van der Waals surface area contributed by atoms with E-state index in [1.54, 1.807) is 7.11 Å². The Morgan fingerprint density at radius 1 is 1.38 bits per heavy atom. The Hall–Kier alpha value is -0.500. The largest absolute Gasteiger partial charge is 0.501 e. The van der Waals surface area contributed by atoms with E-state index in [0.29, 0.717) is 18.4 Å². The molecule has 1 N–H and O–H groups in total. The van der Waals surface area contributed by atoms with E-state index in [1.165, 1.54) is 12.8 Å². The minimum absolute atomic E-state index is 0.352. The van der Waals surface area contributed by atoms with Crippen LogP contribution in [0, 0.1) is 11.8 Å². The Bertz CT molecular complexity index is 167. The summed E-state index contributed by atoms with van der Waals surface area (Å²) in [6, 6.07) is 0. The van der Waals surface area contributed by atoms with Crippen LogP contribution in [0.25, 0.3) is 0 Å². The van der Waals surface area contributed by atoms with E-state index in [2.05, 4.69) is 6.08 Å². The molecule has 0 unspecified atom stereocenters. The van der Waals surface area contributed by atoms with E-state index in [4.69, 9.17) is 9.84 Å². The van der Waals surface area contributed by atoms with Crippen LogP contribution in [0.5, 0.6) is 0 Å². The zero-order valence-corrected chi connectivity index (χ0v) is 8.62. The van der Waals surface area contributed by atoms with Gasteiger partial charge in [-0.1, -0.05) is 0 Å². The van der Waals surface area contributed by atoms with Crippen LogP contribution in [0.4, 0.5) is 0 Å². The molecule has 0 bridgehead atoms. The summed E-state index contributed by atoms with van der Waals surface area (Å²) in [5.74, 6) is 2.25. The van der Waals surface area contributed by atoms with Crippen molar-refractivity contribution in [1.29, 1.82) is 0 Å². The minimum Gasteiger partial charge on any atom is -0.501 e. The van der Waals surface area contributed by atoms with Crippen molar-refractivity contribution in [2.24, 2.45) is 11.8 Å². The fraction of sp³-hybridized carbons (Fsp3) is 0.818. The molecule has 0 saturated heterocycles. The molecule has 0 aromatic carbocycles. The van der Waals surface area contributed by atoms with Crippen molar-refractivity contribution < 1.29 is 9.84 Å². The standard InChI is InChI=1S/C11H20O2/c1-3-11(13-2)10-6-4-9(8-12)5-7-10/h3,9-10,12H,4-8H2,1-2H3/b11-3-. The third kappa shape index (κ3) is 2.73. The molecule has 2 heteroatoms. The van der Waals surface area contributed by atoms with Gasteiger partial charge in [0.15, 0.2) is 0 Å². The number of ether oxygens (including phenoxy) is 1. The van der Waals surface area contributed by atoms with Crippen LogP contribution in [-0.2, 0) is 4.74 Å². The van der Waals surface area contributed by atoms with Crippen molar-refractivity contribution in [2.75, 3.05) is 13.7 Å². The topological polar surface area (TPSA) is 29.5 Å². The van der Waals surface area contributed by atoms with Crippen LogP contribution in [0.2, 0.25) is 0 Å². The molecule has 1 rings (SSSR count). The number of hydrogen-bond acceptors (Lipinski definition) is 2. The fourth-order valence-corrected chi connectivity index (χ4v) is 2.15. The second-order valence-corrected chi connectivity index (χ2v) is 3.80. The summed E-state index contributed by atoms with van der Waals surface area (Å²) in [5, 5.41) is 8.98. The van der Waals surface area contributed by atoms with E-state index in [-0.39, 0.29) is 0 Å². The van der Waals surface area contributed by atoms with E-state index in [0.717, 1.165) is 18.6 Å². The predicted octanol–water partition coefficient (Wildman–Crippen LogP) is 2.34. The number of aliphatic hydroxyl groups is 1. The molecule has 13 heavy (non-hydrogen) atoms.